The molecule has 1 aliphatic heterocycles. The fourth-order valence-electron chi connectivity index (χ4n) is 3.53. The van der Waals surface area contributed by atoms with Gasteiger partial charge < -0.3 is 10.6 Å². The molecule has 1 saturated carbocycles. The zero-order chi connectivity index (χ0) is 16.2. The van der Waals surface area contributed by atoms with Crippen LogP contribution in [0, 0.1) is 12.8 Å². The predicted octanol–water partition coefficient (Wildman–Crippen LogP) is 2.67. The van der Waals surface area contributed by atoms with Gasteiger partial charge >= 0.3 is 0 Å². The zero-order valence-electron chi connectivity index (χ0n) is 14.8. The monoisotopic (exact) mass is 351 g/mol. The van der Waals surface area contributed by atoms with Crippen LogP contribution >= 0.6 is 12.4 Å². The van der Waals surface area contributed by atoms with E-state index in [1.54, 1.807) is 0 Å². The Morgan fingerprint density at radius 3 is 2.58 bits per heavy atom. The first-order chi connectivity index (χ1) is 11.2. The van der Waals surface area contributed by atoms with E-state index in [2.05, 4.69) is 46.7 Å². The van der Waals surface area contributed by atoms with Crippen molar-refractivity contribution in [1.82, 2.24) is 15.5 Å². The van der Waals surface area contributed by atoms with Crippen LogP contribution in [0.25, 0.3) is 0 Å². The van der Waals surface area contributed by atoms with Gasteiger partial charge in [-0.3, -0.25) is 9.69 Å². The van der Waals surface area contributed by atoms with Crippen LogP contribution in [0.3, 0.4) is 0 Å². The number of aryl methyl sites for hydroxylation is 1. The summed E-state index contributed by atoms with van der Waals surface area (Å²) in [6.45, 7) is 4.63. The van der Waals surface area contributed by atoms with Gasteiger partial charge in [0, 0.05) is 12.6 Å². The number of likely N-dealkylation sites (N-methyl/N-ethyl adjacent to an activating group) is 1. The molecule has 1 amide bonds. The van der Waals surface area contributed by atoms with Crippen LogP contribution in [0.5, 0.6) is 0 Å². The van der Waals surface area contributed by atoms with Crippen LogP contribution in [0.1, 0.15) is 42.9 Å². The molecular formula is C19H30ClN3O. The summed E-state index contributed by atoms with van der Waals surface area (Å²) in [7, 11) is 2.01. The van der Waals surface area contributed by atoms with E-state index >= 15 is 0 Å². The summed E-state index contributed by atoms with van der Waals surface area (Å²) in [5, 5.41) is 6.63. The van der Waals surface area contributed by atoms with E-state index in [9.17, 15) is 4.79 Å². The van der Waals surface area contributed by atoms with Crippen molar-refractivity contribution in [3.8, 4) is 0 Å². The van der Waals surface area contributed by atoms with Gasteiger partial charge in [-0.25, -0.2) is 0 Å². The molecule has 1 aromatic rings. The molecule has 4 nitrogen and oxygen atoms in total. The van der Waals surface area contributed by atoms with E-state index in [1.165, 1.54) is 36.8 Å². The van der Waals surface area contributed by atoms with Crippen LogP contribution in [-0.4, -0.2) is 43.5 Å². The molecule has 3 rings (SSSR count). The summed E-state index contributed by atoms with van der Waals surface area (Å²) < 4.78 is 0. The van der Waals surface area contributed by atoms with Gasteiger partial charge in [-0.05, 0) is 57.7 Å². The molecule has 2 atom stereocenters. The predicted molar refractivity (Wildman–Crippen MR) is 101 cm³/mol. The first kappa shape index (κ1) is 19.2. The number of hydrogen-bond donors (Lipinski definition) is 2. The Morgan fingerprint density at radius 2 is 1.96 bits per heavy atom. The summed E-state index contributed by atoms with van der Waals surface area (Å²) in [5.41, 5.74) is 2.51. The minimum absolute atomic E-state index is 0. The van der Waals surface area contributed by atoms with Crippen molar-refractivity contribution in [3.05, 3.63) is 35.4 Å². The lowest BCUT2D eigenvalue weighted by Gasteiger charge is -2.32. The molecule has 2 fully saturated rings. The fraction of sp³-hybridized carbons (Fsp3) is 0.632. The van der Waals surface area contributed by atoms with Gasteiger partial charge in [-0.1, -0.05) is 29.8 Å². The van der Waals surface area contributed by atoms with Crippen molar-refractivity contribution in [3.63, 3.8) is 0 Å². The number of benzene rings is 1. The highest BCUT2D eigenvalue weighted by Gasteiger charge is 2.33. The van der Waals surface area contributed by atoms with Gasteiger partial charge in [0.2, 0.25) is 5.91 Å². The number of likely N-dealkylation sites (tertiary alicyclic amines) is 1. The van der Waals surface area contributed by atoms with Crippen molar-refractivity contribution in [2.75, 3.05) is 26.7 Å². The Hall–Kier alpha value is -1.10. The van der Waals surface area contributed by atoms with Crippen LogP contribution in [0.15, 0.2) is 24.3 Å². The summed E-state index contributed by atoms with van der Waals surface area (Å²) in [6.07, 6.45) is 4.83. The van der Waals surface area contributed by atoms with E-state index in [1.807, 2.05) is 7.05 Å². The van der Waals surface area contributed by atoms with Gasteiger partial charge in [-0.15, -0.1) is 12.4 Å². The largest absolute Gasteiger partial charge is 0.348 e. The normalized spacial score (nSPS) is 22.5. The summed E-state index contributed by atoms with van der Waals surface area (Å²) in [5.74, 6) is 0.785. The molecule has 0 radical (unpaired) electrons. The molecule has 0 spiro atoms. The number of amides is 1. The molecule has 5 heteroatoms. The number of carbonyl (C=O) groups excluding carboxylic acids is 1. The number of piperidine rings is 1. The third kappa shape index (κ3) is 5.20. The van der Waals surface area contributed by atoms with Gasteiger partial charge in [0.05, 0.1) is 12.6 Å². The van der Waals surface area contributed by atoms with Crippen molar-refractivity contribution in [2.24, 2.45) is 5.92 Å². The molecular weight excluding hydrogens is 322 g/mol. The van der Waals surface area contributed by atoms with Crippen molar-refractivity contribution in [1.29, 1.82) is 0 Å². The zero-order valence-corrected chi connectivity index (χ0v) is 15.6. The third-order valence-electron chi connectivity index (χ3n) is 5.13. The molecule has 1 aliphatic carbocycles. The van der Waals surface area contributed by atoms with Crippen LogP contribution in [-0.2, 0) is 4.79 Å². The smallest absolute Gasteiger partial charge is 0.234 e. The molecule has 0 bridgehead atoms. The van der Waals surface area contributed by atoms with E-state index in [0.29, 0.717) is 18.5 Å². The Kier molecular flexibility index (Phi) is 7.08. The average Bonchev–Trinajstić information content (AvgIpc) is 3.38. The van der Waals surface area contributed by atoms with E-state index in [-0.39, 0.29) is 24.4 Å². The lowest BCUT2D eigenvalue weighted by Crippen LogP contribution is -2.48. The quantitative estimate of drug-likeness (QED) is 0.828. The maximum atomic E-state index is 12.5. The summed E-state index contributed by atoms with van der Waals surface area (Å²) in [6, 6.07) is 9.31. The Balaban J connectivity index is 0.00000208. The summed E-state index contributed by atoms with van der Waals surface area (Å²) in [4.78, 5) is 14.8. The van der Waals surface area contributed by atoms with Crippen LogP contribution in [0.4, 0.5) is 0 Å². The molecule has 2 unspecified atom stereocenters. The minimum atomic E-state index is 0. The van der Waals surface area contributed by atoms with Crippen molar-refractivity contribution >= 4 is 18.3 Å². The molecule has 0 aromatic heterocycles. The van der Waals surface area contributed by atoms with Gasteiger partial charge in [0.1, 0.15) is 0 Å². The summed E-state index contributed by atoms with van der Waals surface area (Å²) >= 11 is 0. The first-order valence-electron chi connectivity index (χ1n) is 8.91. The molecule has 24 heavy (non-hydrogen) atoms. The van der Waals surface area contributed by atoms with Crippen LogP contribution < -0.4 is 10.6 Å². The van der Waals surface area contributed by atoms with Gasteiger partial charge in [0.25, 0.3) is 0 Å². The standard InChI is InChI=1S/C19H29N3O.ClH/c1-14-5-7-15(8-6-14)19(16-9-10-16)21-18(23)13-22-11-3-4-17(12-22)20-2;/h5-8,16-17,19-20H,3-4,9-13H2,1-2H3,(H,21,23);1H. The SMILES string of the molecule is CNC1CCCN(CC(=O)NC(c2ccc(C)cc2)C2CC2)C1.Cl. The second-order valence-corrected chi connectivity index (χ2v) is 7.16. The van der Waals surface area contributed by atoms with E-state index < -0.39 is 0 Å². The Morgan fingerprint density at radius 1 is 1.25 bits per heavy atom. The van der Waals surface area contributed by atoms with Gasteiger partial charge in [0.15, 0.2) is 0 Å². The number of rotatable bonds is 6. The molecule has 1 saturated heterocycles. The maximum absolute atomic E-state index is 12.5. The Bertz CT molecular complexity index is 530. The number of nitrogens with zero attached hydrogens (tertiary/aromatic N) is 1. The Labute approximate surface area is 151 Å². The lowest BCUT2D eigenvalue weighted by molar-refractivity contribution is -0.123. The molecule has 1 aromatic carbocycles. The molecule has 134 valence electrons. The number of carbonyl (C=O) groups is 1. The van der Waals surface area contributed by atoms with Crippen LogP contribution in [0.2, 0.25) is 0 Å². The fourth-order valence-corrected chi connectivity index (χ4v) is 3.53. The van der Waals surface area contributed by atoms with Crippen molar-refractivity contribution in [2.45, 2.75) is 44.7 Å². The number of halogens is 1. The second-order valence-electron chi connectivity index (χ2n) is 7.16. The highest BCUT2D eigenvalue weighted by molar-refractivity contribution is 5.85. The molecule has 2 aliphatic rings. The highest BCUT2D eigenvalue weighted by Crippen LogP contribution is 2.41. The topological polar surface area (TPSA) is 44.4 Å². The van der Waals surface area contributed by atoms with E-state index in [0.717, 1.165) is 13.1 Å². The van der Waals surface area contributed by atoms with Crippen molar-refractivity contribution < 1.29 is 4.79 Å². The average molecular weight is 352 g/mol. The first-order valence-corrected chi connectivity index (χ1v) is 8.91. The van der Waals surface area contributed by atoms with Gasteiger partial charge in [-0.2, -0.15) is 0 Å². The minimum Gasteiger partial charge on any atom is -0.348 e. The third-order valence-corrected chi connectivity index (χ3v) is 5.13. The highest BCUT2D eigenvalue weighted by atomic mass is 35.5. The lowest BCUT2D eigenvalue weighted by atomic mass is 10.0. The number of hydrogen-bond acceptors (Lipinski definition) is 3. The molecule has 2 N–H and O–H groups in total. The number of nitrogens with one attached hydrogen (secondary N) is 2. The maximum Gasteiger partial charge on any atom is 0.234 e. The molecule has 1 heterocycles. The second kappa shape index (κ2) is 8.84. The van der Waals surface area contributed by atoms with E-state index in [4.69, 9.17) is 0 Å².